The maximum Gasteiger partial charge on any atom is 0.224 e. The highest BCUT2D eigenvalue weighted by molar-refractivity contribution is 5.85. The molecule has 0 atom stereocenters. The molecular formula is C17H29ClN2O. The van der Waals surface area contributed by atoms with E-state index in [-0.39, 0.29) is 18.3 Å². The van der Waals surface area contributed by atoms with Crippen LogP contribution >= 0.6 is 12.4 Å². The smallest absolute Gasteiger partial charge is 0.224 e. The van der Waals surface area contributed by atoms with Crippen molar-refractivity contribution in [2.24, 2.45) is 0 Å². The fourth-order valence-corrected chi connectivity index (χ4v) is 2.04. The molecule has 0 bridgehead atoms. The molecule has 3 nitrogen and oxygen atoms in total. The largest absolute Gasteiger partial charge is 0.355 e. The van der Waals surface area contributed by atoms with Gasteiger partial charge in [-0.1, -0.05) is 44.5 Å². The summed E-state index contributed by atoms with van der Waals surface area (Å²) in [6, 6.07) is 8.42. The number of hydrogen-bond acceptors (Lipinski definition) is 2. The van der Waals surface area contributed by atoms with E-state index >= 15 is 0 Å². The molecule has 0 aliphatic heterocycles. The van der Waals surface area contributed by atoms with Crippen LogP contribution in [0.1, 0.15) is 44.2 Å². The van der Waals surface area contributed by atoms with Gasteiger partial charge in [0, 0.05) is 13.1 Å². The zero-order chi connectivity index (χ0) is 14.6. The predicted octanol–water partition coefficient (Wildman–Crippen LogP) is 3.11. The van der Waals surface area contributed by atoms with Gasteiger partial charge in [0.25, 0.3) is 0 Å². The van der Waals surface area contributed by atoms with Gasteiger partial charge >= 0.3 is 0 Å². The van der Waals surface area contributed by atoms with Gasteiger partial charge in [-0.2, -0.15) is 0 Å². The predicted molar refractivity (Wildman–Crippen MR) is 92.2 cm³/mol. The molecule has 1 amide bonds. The molecule has 1 rings (SSSR count). The van der Waals surface area contributed by atoms with Gasteiger partial charge in [0.1, 0.15) is 0 Å². The molecule has 1 aromatic carbocycles. The Morgan fingerprint density at radius 3 is 2.24 bits per heavy atom. The number of carbonyl (C=O) groups is 1. The maximum absolute atomic E-state index is 11.8. The number of unbranched alkanes of at least 4 members (excludes halogenated alkanes) is 1. The minimum absolute atomic E-state index is 0. The second kappa shape index (κ2) is 12.7. The molecule has 0 aliphatic rings. The minimum atomic E-state index is 0. The highest BCUT2D eigenvalue weighted by atomic mass is 35.5. The third kappa shape index (κ3) is 9.48. The molecule has 2 N–H and O–H groups in total. The fraction of sp³-hybridized carbons (Fsp3) is 0.588. The van der Waals surface area contributed by atoms with E-state index in [1.807, 2.05) is 0 Å². The summed E-state index contributed by atoms with van der Waals surface area (Å²) in [6.07, 6.45) is 5.17. The van der Waals surface area contributed by atoms with Crippen LogP contribution in [0.25, 0.3) is 0 Å². The third-order valence-electron chi connectivity index (χ3n) is 3.26. The average molecular weight is 313 g/mol. The van der Waals surface area contributed by atoms with Crippen molar-refractivity contribution in [3.63, 3.8) is 0 Å². The summed E-state index contributed by atoms with van der Waals surface area (Å²) in [5.41, 5.74) is 2.45. The van der Waals surface area contributed by atoms with E-state index in [1.54, 1.807) is 0 Å². The van der Waals surface area contributed by atoms with Crippen LogP contribution in [-0.4, -0.2) is 25.5 Å². The van der Waals surface area contributed by atoms with E-state index in [0.717, 1.165) is 31.5 Å². The van der Waals surface area contributed by atoms with Gasteiger partial charge in [0.2, 0.25) is 5.91 Å². The van der Waals surface area contributed by atoms with Gasteiger partial charge in [-0.25, -0.2) is 0 Å². The molecule has 0 heterocycles. The van der Waals surface area contributed by atoms with Gasteiger partial charge in [-0.15, -0.1) is 12.4 Å². The Bertz CT molecular complexity index is 379. The number of nitrogens with one attached hydrogen (secondary N) is 2. The van der Waals surface area contributed by atoms with Gasteiger partial charge in [-0.3, -0.25) is 4.79 Å². The highest BCUT2D eigenvalue weighted by Gasteiger charge is 2.02. The summed E-state index contributed by atoms with van der Waals surface area (Å²) in [7, 11) is 0. The summed E-state index contributed by atoms with van der Waals surface area (Å²) >= 11 is 0. The summed E-state index contributed by atoms with van der Waals surface area (Å²) in [5, 5.41) is 6.20. The van der Waals surface area contributed by atoms with Gasteiger partial charge in [-0.05, 0) is 36.9 Å². The van der Waals surface area contributed by atoms with Crippen molar-refractivity contribution in [1.29, 1.82) is 0 Å². The number of amides is 1. The zero-order valence-corrected chi connectivity index (χ0v) is 14.1. The standard InChI is InChI=1S/C17H28N2O.ClH/c1-3-5-6-15-7-9-16(10-8-15)14-17(20)19-13-12-18-11-4-2;/h7-10,18H,3-6,11-14H2,1-2H3,(H,19,20);1H. The van der Waals surface area contributed by atoms with Crippen molar-refractivity contribution in [1.82, 2.24) is 10.6 Å². The lowest BCUT2D eigenvalue weighted by molar-refractivity contribution is -0.120. The van der Waals surface area contributed by atoms with Crippen molar-refractivity contribution in [2.75, 3.05) is 19.6 Å². The second-order valence-electron chi connectivity index (χ2n) is 5.20. The molecule has 0 saturated heterocycles. The monoisotopic (exact) mass is 312 g/mol. The number of aryl methyl sites for hydroxylation is 1. The second-order valence-corrected chi connectivity index (χ2v) is 5.20. The molecular weight excluding hydrogens is 284 g/mol. The summed E-state index contributed by atoms with van der Waals surface area (Å²) < 4.78 is 0. The lowest BCUT2D eigenvalue weighted by Crippen LogP contribution is -2.32. The van der Waals surface area contributed by atoms with Crippen molar-refractivity contribution in [3.8, 4) is 0 Å². The van der Waals surface area contributed by atoms with E-state index < -0.39 is 0 Å². The van der Waals surface area contributed by atoms with Gasteiger partial charge < -0.3 is 10.6 Å². The Morgan fingerprint density at radius 1 is 0.952 bits per heavy atom. The van der Waals surface area contributed by atoms with E-state index in [9.17, 15) is 4.79 Å². The summed E-state index contributed by atoms with van der Waals surface area (Å²) in [6.45, 7) is 6.89. The Hall–Kier alpha value is -1.06. The van der Waals surface area contributed by atoms with Crippen molar-refractivity contribution < 1.29 is 4.79 Å². The Labute approximate surface area is 135 Å². The van der Waals surface area contributed by atoms with Crippen molar-refractivity contribution in [2.45, 2.75) is 46.0 Å². The molecule has 21 heavy (non-hydrogen) atoms. The molecule has 0 saturated carbocycles. The van der Waals surface area contributed by atoms with Crippen LogP contribution in [0.5, 0.6) is 0 Å². The van der Waals surface area contributed by atoms with Crippen LogP contribution in [0, 0.1) is 0 Å². The van der Waals surface area contributed by atoms with Crippen LogP contribution in [0.15, 0.2) is 24.3 Å². The number of hydrogen-bond donors (Lipinski definition) is 2. The Kier molecular flexibility index (Phi) is 12.0. The SMILES string of the molecule is CCCCc1ccc(CC(=O)NCCNCCC)cc1.Cl. The molecule has 1 aromatic rings. The average Bonchev–Trinajstić information content (AvgIpc) is 2.46. The van der Waals surface area contributed by atoms with Crippen molar-refractivity contribution >= 4 is 18.3 Å². The maximum atomic E-state index is 11.8. The first-order valence-corrected chi connectivity index (χ1v) is 7.81. The highest BCUT2D eigenvalue weighted by Crippen LogP contribution is 2.08. The zero-order valence-electron chi connectivity index (χ0n) is 13.3. The topological polar surface area (TPSA) is 41.1 Å². The molecule has 0 aliphatic carbocycles. The van der Waals surface area contributed by atoms with E-state index in [0.29, 0.717) is 13.0 Å². The number of benzene rings is 1. The van der Waals surface area contributed by atoms with E-state index in [1.165, 1.54) is 18.4 Å². The minimum Gasteiger partial charge on any atom is -0.355 e. The molecule has 0 unspecified atom stereocenters. The van der Waals surface area contributed by atoms with Crippen LogP contribution in [-0.2, 0) is 17.6 Å². The van der Waals surface area contributed by atoms with Crippen molar-refractivity contribution in [3.05, 3.63) is 35.4 Å². The first kappa shape index (κ1) is 19.9. The molecule has 0 aromatic heterocycles. The third-order valence-corrected chi connectivity index (χ3v) is 3.26. The molecule has 0 spiro atoms. The lowest BCUT2D eigenvalue weighted by atomic mass is 10.0. The van der Waals surface area contributed by atoms with Crippen LogP contribution in [0.4, 0.5) is 0 Å². The van der Waals surface area contributed by atoms with Crippen LogP contribution in [0.3, 0.4) is 0 Å². The van der Waals surface area contributed by atoms with Gasteiger partial charge in [0.15, 0.2) is 0 Å². The van der Waals surface area contributed by atoms with Crippen LogP contribution < -0.4 is 10.6 Å². The molecule has 120 valence electrons. The van der Waals surface area contributed by atoms with Crippen LogP contribution in [0.2, 0.25) is 0 Å². The van der Waals surface area contributed by atoms with E-state index in [4.69, 9.17) is 0 Å². The number of carbonyl (C=O) groups excluding carboxylic acids is 1. The first-order chi connectivity index (χ1) is 9.76. The summed E-state index contributed by atoms with van der Waals surface area (Å²) in [4.78, 5) is 11.8. The number of rotatable bonds is 10. The lowest BCUT2D eigenvalue weighted by Gasteiger charge is -2.07. The Balaban J connectivity index is 0.00000400. The van der Waals surface area contributed by atoms with Gasteiger partial charge in [0.05, 0.1) is 6.42 Å². The number of halogens is 1. The molecule has 0 radical (unpaired) electrons. The first-order valence-electron chi connectivity index (χ1n) is 7.81. The fourth-order valence-electron chi connectivity index (χ4n) is 2.04. The molecule has 4 heteroatoms. The molecule has 0 fully saturated rings. The summed E-state index contributed by atoms with van der Waals surface area (Å²) in [5.74, 6) is 0.101. The van der Waals surface area contributed by atoms with E-state index in [2.05, 4.69) is 48.7 Å². The normalized spacial score (nSPS) is 10.0. The Morgan fingerprint density at radius 2 is 1.62 bits per heavy atom. The quantitative estimate of drug-likeness (QED) is 0.652.